The first-order valence-electron chi connectivity index (χ1n) is 2.22. The van der Waals surface area contributed by atoms with E-state index in [1.165, 1.54) is 5.48 Å². The molecule has 3 N–H and O–H groups in total. The van der Waals surface area contributed by atoms with Crippen molar-refractivity contribution in [1.82, 2.24) is 5.48 Å². The number of hydrogen-bond donors (Lipinski definition) is 3. The average molecular weight is 133 g/mol. The zero-order chi connectivity index (χ0) is 7.44. The average Bonchev–Trinajstić information content (AvgIpc) is 1.64. The van der Waals surface area contributed by atoms with Crippen LogP contribution in [0.4, 0.5) is 0 Å². The van der Waals surface area contributed by atoms with Crippen molar-refractivity contribution in [2.45, 2.75) is 13.0 Å². The number of carboxylic acids is 1. The number of aliphatic carboxylic acids is 1. The van der Waals surface area contributed by atoms with Gasteiger partial charge in [0.25, 0.3) is 0 Å². The Morgan fingerprint density at radius 3 is 2.00 bits per heavy atom. The number of nitrogens with one attached hydrogen (secondary N) is 1. The zero-order valence-electron chi connectivity index (χ0n) is 4.79. The summed E-state index contributed by atoms with van der Waals surface area (Å²) >= 11 is 0. The van der Waals surface area contributed by atoms with Crippen molar-refractivity contribution in [3.63, 3.8) is 0 Å². The van der Waals surface area contributed by atoms with Crippen molar-refractivity contribution < 1.29 is 19.9 Å². The zero-order valence-corrected chi connectivity index (χ0v) is 4.79. The normalized spacial score (nSPS) is 12.7. The Labute approximate surface area is 51.2 Å². The second-order valence-corrected chi connectivity index (χ2v) is 1.51. The molecule has 52 valence electrons. The van der Waals surface area contributed by atoms with E-state index >= 15 is 0 Å². The van der Waals surface area contributed by atoms with Crippen LogP contribution in [0.1, 0.15) is 6.92 Å². The van der Waals surface area contributed by atoms with Crippen molar-refractivity contribution in [2.24, 2.45) is 0 Å². The number of hydroxylamine groups is 1. The molecule has 0 fully saturated rings. The van der Waals surface area contributed by atoms with E-state index in [4.69, 9.17) is 10.3 Å². The van der Waals surface area contributed by atoms with Crippen LogP contribution in [0.5, 0.6) is 0 Å². The van der Waals surface area contributed by atoms with Crippen LogP contribution in [0.3, 0.4) is 0 Å². The molecule has 0 heterocycles. The summed E-state index contributed by atoms with van der Waals surface area (Å²) in [5.41, 5.74) is 1.35. The summed E-state index contributed by atoms with van der Waals surface area (Å²) in [7, 11) is 0. The SMILES string of the molecule is CC(=O)C(NO)C(=O)O. The number of Topliss-reactive ketones (excluding diaryl/α,β-unsaturated/α-hetero) is 1. The van der Waals surface area contributed by atoms with E-state index < -0.39 is 17.8 Å². The van der Waals surface area contributed by atoms with E-state index in [0.717, 1.165) is 6.92 Å². The molecule has 0 bridgehead atoms. The summed E-state index contributed by atoms with van der Waals surface area (Å²) < 4.78 is 0. The fourth-order valence-corrected chi connectivity index (χ4v) is 0.320. The summed E-state index contributed by atoms with van der Waals surface area (Å²) in [6.07, 6.45) is 0. The second-order valence-electron chi connectivity index (χ2n) is 1.51. The fourth-order valence-electron chi connectivity index (χ4n) is 0.320. The molecule has 0 spiro atoms. The molecule has 0 amide bonds. The third-order valence-electron chi connectivity index (χ3n) is 0.783. The van der Waals surface area contributed by atoms with Gasteiger partial charge in [0.2, 0.25) is 0 Å². The molecule has 1 atom stereocenters. The summed E-state index contributed by atoms with van der Waals surface area (Å²) in [6.45, 7) is 1.07. The van der Waals surface area contributed by atoms with E-state index in [1.807, 2.05) is 0 Å². The second kappa shape index (κ2) is 3.16. The van der Waals surface area contributed by atoms with Crippen LogP contribution in [0.15, 0.2) is 0 Å². The maximum Gasteiger partial charge on any atom is 0.330 e. The Hall–Kier alpha value is -0.940. The van der Waals surface area contributed by atoms with Crippen molar-refractivity contribution in [2.75, 3.05) is 0 Å². The molecule has 0 rings (SSSR count). The van der Waals surface area contributed by atoms with Gasteiger partial charge >= 0.3 is 5.97 Å². The maximum absolute atomic E-state index is 10.2. The molecule has 5 heteroatoms. The first-order chi connectivity index (χ1) is 4.09. The predicted molar refractivity (Wildman–Crippen MR) is 27.0 cm³/mol. The number of rotatable bonds is 3. The number of ketones is 1. The Kier molecular flexibility index (Phi) is 2.83. The Morgan fingerprint density at radius 1 is 1.56 bits per heavy atom. The number of carbonyl (C=O) groups is 2. The molecule has 0 aliphatic carbocycles. The minimum atomic E-state index is -1.50. The van der Waals surface area contributed by atoms with Crippen LogP contribution in [0.2, 0.25) is 0 Å². The molecular weight excluding hydrogens is 126 g/mol. The minimum Gasteiger partial charge on any atom is -0.480 e. The van der Waals surface area contributed by atoms with E-state index in [-0.39, 0.29) is 0 Å². The lowest BCUT2D eigenvalue weighted by molar-refractivity contribution is -0.146. The molecule has 0 aliphatic heterocycles. The van der Waals surface area contributed by atoms with Gasteiger partial charge in [0, 0.05) is 0 Å². The molecule has 0 saturated carbocycles. The molecule has 0 aromatic rings. The highest BCUT2D eigenvalue weighted by Crippen LogP contribution is 1.82. The van der Waals surface area contributed by atoms with Gasteiger partial charge in [-0.3, -0.25) is 4.79 Å². The topological polar surface area (TPSA) is 86.6 Å². The molecule has 5 nitrogen and oxygen atoms in total. The number of carbonyl (C=O) groups excluding carboxylic acids is 1. The van der Waals surface area contributed by atoms with Crippen LogP contribution < -0.4 is 5.48 Å². The first-order valence-corrected chi connectivity index (χ1v) is 2.22. The summed E-state index contributed by atoms with van der Waals surface area (Å²) in [5.74, 6) is -2.02. The predicted octanol–water partition coefficient (Wildman–Crippen LogP) is -0.993. The van der Waals surface area contributed by atoms with Crippen molar-refractivity contribution in [3.05, 3.63) is 0 Å². The van der Waals surface area contributed by atoms with E-state index in [2.05, 4.69) is 0 Å². The van der Waals surface area contributed by atoms with Crippen molar-refractivity contribution >= 4 is 11.8 Å². The summed E-state index contributed by atoms with van der Waals surface area (Å²) in [6, 6.07) is -1.50. The van der Waals surface area contributed by atoms with Gasteiger partial charge in [0.05, 0.1) is 0 Å². The summed E-state index contributed by atoms with van der Waals surface area (Å²) in [4.78, 5) is 20.1. The monoisotopic (exact) mass is 133 g/mol. The van der Waals surface area contributed by atoms with E-state index in [1.54, 1.807) is 0 Å². The van der Waals surface area contributed by atoms with Gasteiger partial charge in [-0.25, -0.2) is 4.79 Å². The summed E-state index contributed by atoms with van der Waals surface area (Å²) in [5, 5.41) is 16.1. The standard InChI is InChI=1S/C4H7NO4/c1-2(6)3(5-9)4(7)8/h3,5,9H,1H3,(H,7,8). The van der Waals surface area contributed by atoms with Crippen LogP contribution in [0.25, 0.3) is 0 Å². The van der Waals surface area contributed by atoms with Crippen molar-refractivity contribution in [3.8, 4) is 0 Å². The number of carboxylic acid groups (broad SMARTS) is 1. The van der Waals surface area contributed by atoms with Crippen LogP contribution >= 0.6 is 0 Å². The smallest absolute Gasteiger partial charge is 0.330 e. The lowest BCUT2D eigenvalue weighted by Crippen LogP contribution is -2.40. The highest BCUT2D eigenvalue weighted by Gasteiger charge is 2.20. The molecule has 0 aromatic heterocycles. The molecule has 0 aliphatic rings. The largest absolute Gasteiger partial charge is 0.480 e. The molecule has 0 radical (unpaired) electrons. The van der Waals surface area contributed by atoms with Gasteiger partial charge in [-0.15, -0.1) is 0 Å². The molecule has 0 aromatic carbocycles. The highest BCUT2D eigenvalue weighted by molar-refractivity contribution is 6.00. The van der Waals surface area contributed by atoms with Crippen LogP contribution in [-0.4, -0.2) is 28.1 Å². The van der Waals surface area contributed by atoms with Gasteiger partial charge in [0.15, 0.2) is 11.8 Å². The van der Waals surface area contributed by atoms with E-state index in [0.29, 0.717) is 0 Å². The number of hydrogen-bond acceptors (Lipinski definition) is 4. The minimum absolute atomic E-state index is 0.634. The lowest BCUT2D eigenvalue weighted by atomic mass is 10.2. The van der Waals surface area contributed by atoms with Crippen LogP contribution in [-0.2, 0) is 9.59 Å². The first kappa shape index (κ1) is 8.06. The van der Waals surface area contributed by atoms with Gasteiger partial charge in [-0.1, -0.05) is 0 Å². The van der Waals surface area contributed by atoms with Gasteiger partial charge in [0.1, 0.15) is 0 Å². The maximum atomic E-state index is 10.2. The third kappa shape index (κ3) is 2.20. The van der Waals surface area contributed by atoms with Gasteiger partial charge in [-0.2, -0.15) is 5.48 Å². The van der Waals surface area contributed by atoms with E-state index in [9.17, 15) is 9.59 Å². The van der Waals surface area contributed by atoms with Gasteiger partial charge in [-0.05, 0) is 6.92 Å². The molecule has 0 saturated heterocycles. The fraction of sp³-hybridized carbons (Fsp3) is 0.500. The Balaban J connectivity index is 3.99. The Morgan fingerprint density at radius 2 is 2.00 bits per heavy atom. The molecule has 1 unspecified atom stereocenters. The highest BCUT2D eigenvalue weighted by atomic mass is 16.5. The lowest BCUT2D eigenvalue weighted by Gasteiger charge is -2.02. The van der Waals surface area contributed by atoms with Crippen LogP contribution in [0, 0.1) is 0 Å². The Bertz CT molecular complexity index is 119. The van der Waals surface area contributed by atoms with Gasteiger partial charge < -0.3 is 10.3 Å². The third-order valence-corrected chi connectivity index (χ3v) is 0.783. The molecule has 9 heavy (non-hydrogen) atoms. The van der Waals surface area contributed by atoms with Crippen molar-refractivity contribution in [1.29, 1.82) is 0 Å². The quantitative estimate of drug-likeness (QED) is 0.340. The molecular formula is C4H7NO4.